The third-order valence-corrected chi connectivity index (χ3v) is 3.62. The lowest BCUT2D eigenvalue weighted by Gasteiger charge is -2.21. The van der Waals surface area contributed by atoms with Crippen LogP contribution in [-0.4, -0.2) is 24.1 Å². The maximum absolute atomic E-state index is 5.92. The molecule has 0 saturated carbocycles. The number of anilines is 3. The van der Waals surface area contributed by atoms with Gasteiger partial charge in [0.15, 0.2) is 11.6 Å². The number of hydrogen-bond donors (Lipinski definition) is 1. The third kappa shape index (κ3) is 2.41. The topological polar surface area (TPSA) is 64.3 Å². The quantitative estimate of drug-likeness (QED) is 0.803. The van der Waals surface area contributed by atoms with Crippen molar-refractivity contribution in [2.45, 2.75) is 6.92 Å². The molecule has 2 N–H and O–H groups in total. The normalized spacial score (nSPS) is 10.7. The molecule has 3 aromatic rings. The minimum Gasteiger partial charge on any atom is -0.493 e. The molecule has 5 nitrogen and oxygen atoms in total. The first-order valence-corrected chi connectivity index (χ1v) is 7.01. The SMILES string of the molecule is COc1ccc(N(C)c2cc(C)nc3ccccc23)nc1N. The summed E-state index contributed by atoms with van der Waals surface area (Å²) in [5.41, 5.74) is 8.88. The molecule has 0 aliphatic carbocycles. The number of methoxy groups -OCH3 is 1. The van der Waals surface area contributed by atoms with Gasteiger partial charge >= 0.3 is 0 Å². The van der Waals surface area contributed by atoms with Crippen molar-refractivity contribution in [2.75, 3.05) is 24.8 Å². The van der Waals surface area contributed by atoms with Gasteiger partial charge in [-0.1, -0.05) is 18.2 Å². The summed E-state index contributed by atoms with van der Waals surface area (Å²) >= 11 is 0. The molecule has 5 heteroatoms. The summed E-state index contributed by atoms with van der Waals surface area (Å²) in [4.78, 5) is 11.0. The number of hydrogen-bond acceptors (Lipinski definition) is 5. The van der Waals surface area contributed by atoms with Gasteiger partial charge in [0.05, 0.1) is 18.3 Å². The van der Waals surface area contributed by atoms with Crippen molar-refractivity contribution in [1.82, 2.24) is 9.97 Å². The molecule has 3 rings (SSSR count). The minimum absolute atomic E-state index is 0.377. The molecule has 1 aromatic carbocycles. The number of para-hydroxylation sites is 1. The lowest BCUT2D eigenvalue weighted by molar-refractivity contribution is 0.415. The van der Waals surface area contributed by atoms with Crippen LogP contribution in [0, 0.1) is 6.92 Å². The number of pyridine rings is 2. The van der Waals surface area contributed by atoms with E-state index in [1.165, 1.54) is 0 Å². The highest BCUT2D eigenvalue weighted by Crippen LogP contribution is 2.32. The Balaban J connectivity index is 2.12. The van der Waals surface area contributed by atoms with E-state index in [1.807, 2.05) is 55.3 Å². The summed E-state index contributed by atoms with van der Waals surface area (Å²) in [7, 11) is 3.55. The Hall–Kier alpha value is -2.82. The molecule has 2 aromatic heterocycles. The highest BCUT2D eigenvalue weighted by atomic mass is 16.5. The molecule has 2 heterocycles. The van der Waals surface area contributed by atoms with Crippen LogP contribution in [0.15, 0.2) is 42.5 Å². The Kier molecular flexibility index (Phi) is 3.55. The zero-order valence-corrected chi connectivity index (χ0v) is 12.9. The first-order chi connectivity index (χ1) is 10.6. The molecule has 0 unspecified atom stereocenters. The van der Waals surface area contributed by atoms with Crippen LogP contribution in [0.4, 0.5) is 17.3 Å². The van der Waals surface area contributed by atoms with Crippen molar-refractivity contribution in [3.05, 3.63) is 48.2 Å². The Labute approximate surface area is 129 Å². The Bertz CT molecular complexity index is 832. The number of nitrogens with two attached hydrogens (primary N) is 1. The lowest BCUT2D eigenvalue weighted by Crippen LogP contribution is -2.13. The summed E-state index contributed by atoms with van der Waals surface area (Å²) in [5, 5.41) is 1.08. The van der Waals surface area contributed by atoms with Crippen LogP contribution in [0.3, 0.4) is 0 Å². The monoisotopic (exact) mass is 294 g/mol. The zero-order chi connectivity index (χ0) is 15.7. The van der Waals surface area contributed by atoms with Gasteiger partial charge in [0.2, 0.25) is 0 Å². The van der Waals surface area contributed by atoms with Gasteiger partial charge in [-0.3, -0.25) is 4.98 Å². The summed E-state index contributed by atoms with van der Waals surface area (Å²) < 4.78 is 5.16. The van der Waals surface area contributed by atoms with Crippen LogP contribution >= 0.6 is 0 Å². The molecule has 0 radical (unpaired) electrons. The van der Waals surface area contributed by atoms with Crippen molar-refractivity contribution in [2.24, 2.45) is 0 Å². The Morgan fingerprint density at radius 3 is 2.59 bits per heavy atom. The molecule has 112 valence electrons. The largest absolute Gasteiger partial charge is 0.493 e. The number of nitrogens with zero attached hydrogens (tertiary/aromatic N) is 3. The molecule has 0 aliphatic rings. The van der Waals surface area contributed by atoms with Gasteiger partial charge in [-0.25, -0.2) is 4.98 Å². The third-order valence-electron chi connectivity index (χ3n) is 3.62. The number of fused-ring (bicyclic) bond motifs is 1. The van der Waals surface area contributed by atoms with Gasteiger partial charge in [0.25, 0.3) is 0 Å². The van der Waals surface area contributed by atoms with Crippen LogP contribution < -0.4 is 15.4 Å². The number of rotatable bonds is 3. The zero-order valence-electron chi connectivity index (χ0n) is 12.9. The maximum Gasteiger partial charge on any atom is 0.168 e. The lowest BCUT2D eigenvalue weighted by atomic mass is 10.1. The molecule has 0 amide bonds. The molecular formula is C17H18N4O. The van der Waals surface area contributed by atoms with Gasteiger partial charge in [-0.2, -0.15) is 0 Å². The highest BCUT2D eigenvalue weighted by Gasteiger charge is 2.12. The second-order valence-corrected chi connectivity index (χ2v) is 5.12. The van der Waals surface area contributed by atoms with E-state index in [0.29, 0.717) is 11.6 Å². The molecular weight excluding hydrogens is 276 g/mol. The van der Waals surface area contributed by atoms with Crippen molar-refractivity contribution < 1.29 is 4.74 Å². The fourth-order valence-electron chi connectivity index (χ4n) is 2.50. The van der Waals surface area contributed by atoms with E-state index in [-0.39, 0.29) is 0 Å². The maximum atomic E-state index is 5.92. The minimum atomic E-state index is 0.377. The second-order valence-electron chi connectivity index (χ2n) is 5.12. The van der Waals surface area contributed by atoms with E-state index >= 15 is 0 Å². The van der Waals surface area contributed by atoms with Crippen molar-refractivity contribution in [3.63, 3.8) is 0 Å². The standard InChI is InChI=1S/C17H18N4O/c1-11-10-14(12-6-4-5-7-13(12)19-11)21(2)16-9-8-15(22-3)17(18)20-16/h4-10H,1-3H3,(H2,18,20). The number of aryl methyl sites for hydroxylation is 1. The molecule has 0 atom stereocenters. The summed E-state index contributed by atoms with van der Waals surface area (Å²) in [6.45, 7) is 1.99. The van der Waals surface area contributed by atoms with Crippen LogP contribution in [0.25, 0.3) is 10.9 Å². The Morgan fingerprint density at radius 2 is 1.86 bits per heavy atom. The summed E-state index contributed by atoms with van der Waals surface area (Å²) in [6.07, 6.45) is 0. The molecule has 0 bridgehead atoms. The number of nitrogen functional groups attached to an aromatic ring is 1. The van der Waals surface area contributed by atoms with Gasteiger partial charge < -0.3 is 15.4 Å². The fourth-order valence-corrected chi connectivity index (χ4v) is 2.50. The van der Waals surface area contributed by atoms with Crippen LogP contribution in [0.5, 0.6) is 5.75 Å². The highest BCUT2D eigenvalue weighted by molar-refractivity contribution is 5.93. The van der Waals surface area contributed by atoms with E-state index in [2.05, 4.69) is 16.0 Å². The van der Waals surface area contributed by atoms with Gasteiger partial charge in [0.1, 0.15) is 5.82 Å². The summed E-state index contributed by atoms with van der Waals surface area (Å²) in [6, 6.07) is 13.8. The van der Waals surface area contributed by atoms with Gasteiger partial charge in [-0.05, 0) is 31.2 Å². The molecule has 0 fully saturated rings. The van der Waals surface area contributed by atoms with Crippen LogP contribution in [-0.2, 0) is 0 Å². The van der Waals surface area contributed by atoms with Crippen LogP contribution in [0.2, 0.25) is 0 Å². The predicted octanol–water partition coefficient (Wildman–Crippen LogP) is 3.30. The average Bonchev–Trinajstić information content (AvgIpc) is 2.53. The summed E-state index contributed by atoms with van der Waals surface area (Å²) in [5.74, 6) is 1.71. The average molecular weight is 294 g/mol. The van der Waals surface area contributed by atoms with Gasteiger partial charge in [0, 0.05) is 18.1 Å². The van der Waals surface area contributed by atoms with Crippen molar-refractivity contribution in [3.8, 4) is 5.75 Å². The fraction of sp³-hybridized carbons (Fsp3) is 0.176. The number of benzene rings is 1. The van der Waals surface area contributed by atoms with E-state index < -0.39 is 0 Å². The predicted molar refractivity (Wildman–Crippen MR) is 89.7 cm³/mol. The molecule has 0 aliphatic heterocycles. The smallest absolute Gasteiger partial charge is 0.168 e. The van der Waals surface area contributed by atoms with E-state index in [4.69, 9.17) is 10.5 Å². The van der Waals surface area contributed by atoms with Crippen molar-refractivity contribution in [1.29, 1.82) is 0 Å². The van der Waals surface area contributed by atoms with E-state index in [9.17, 15) is 0 Å². The second kappa shape index (κ2) is 5.52. The number of aromatic nitrogens is 2. The van der Waals surface area contributed by atoms with Gasteiger partial charge in [-0.15, -0.1) is 0 Å². The first-order valence-electron chi connectivity index (χ1n) is 7.01. The van der Waals surface area contributed by atoms with E-state index in [1.54, 1.807) is 7.11 Å². The van der Waals surface area contributed by atoms with Crippen molar-refractivity contribution >= 4 is 28.2 Å². The molecule has 22 heavy (non-hydrogen) atoms. The Morgan fingerprint density at radius 1 is 1.09 bits per heavy atom. The first kappa shape index (κ1) is 14.1. The molecule has 0 spiro atoms. The van der Waals surface area contributed by atoms with Crippen LogP contribution in [0.1, 0.15) is 5.69 Å². The number of ether oxygens (including phenoxy) is 1. The molecule has 0 saturated heterocycles. The van der Waals surface area contributed by atoms with E-state index in [0.717, 1.165) is 28.1 Å².